The average Bonchev–Trinajstić information content (AvgIpc) is 2.68. The molecule has 2 nitrogen and oxygen atoms in total. The summed E-state index contributed by atoms with van der Waals surface area (Å²) in [7, 11) is 0. The van der Waals surface area contributed by atoms with Crippen molar-refractivity contribution in [2.24, 2.45) is 16.7 Å². The monoisotopic (exact) mass is 304 g/mol. The van der Waals surface area contributed by atoms with Gasteiger partial charge in [0.25, 0.3) is 0 Å². The van der Waals surface area contributed by atoms with Crippen molar-refractivity contribution < 1.29 is 0 Å². The summed E-state index contributed by atoms with van der Waals surface area (Å²) in [5, 5.41) is 0. The molecule has 0 amide bonds. The summed E-state index contributed by atoms with van der Waals surface area (Å²) in [5.74, 6) is 0.958. The maximum absolute atomic E-state index is 2.93. The van der Waals surface area contributed by atoms with Crippen LogP contribution < -0.4 is 0 Å². The van der Waals surface area contributed by atoms with Crippen molar-refractivity contribution in [2.75, 3.05) is 26.2 Å². The summed E-state index contributed by atoms with van der Waals surface area (Å²) in [6.45, 7) is 13.1. The van der Waals surface area contributed by atoms with Gasteiger partial charge in [0.1, 0.15) is 0 Å². The molecule has 4 rings (SSSR count). The van der Waals surface area contributed by atoms with Gasteiger partial charge < -0.3 is 4.90 Å². The molecule has 0 aromatic carbocycles. The highest BCUT2D eigenvalue weighted by molar-refractivity contribution is 5.03. The van der Waals surface area contributed by atoms with Crippen LogP contribution in [0.4, 0.5) is 0 Å². The van der Waals surface area contributed by atoms with Crippen molar-refractivity contribution in [3.05, 3.63) is 0 Å². The Hall–Kier alpha value is -0.0800. The molecule has 0 N–H and O–H groups in total. The van der Waals surface area contributed by atoms with Crippen LogP contribution in [0.15, 0.2) is 0 Å². The van der Waals surface area contributed by atoms with E-state index >= 15 is 0 Å². The highest BCUT2D eigenvalue weighted by atomic mass is 15.2. The third-order valence-corrected chi connectivity index (χ3v) is 7.22. The van der Waals surface area contributed by atoms with E-state index in [1.54, 1.807) is 0 Å². The fraction of sp³-hybridized carbons (Fsp3) is 1.00. The summed E-state index contributed by atoms with van der Waals surface area (Å²) in [6.07, 6.45) is 11.7. The lowest BCUT2D eigenvalue weighted by Crippen LogP contribution is -2.51. The van der Waals surface area contributed by atoms with Crippen molar-refractivity contribution in [2.45, 2.75) is 84.2 Å². The number of rotatable bonds is 2. The van der Waals surface area contributed by atoms with Crippen LogP contribution in [0.5, 0.6) is 0 Å². The largest absolute Gasteiger partial charge is 0.300 e. The third kappa shape index (κ3) is 2.86. The maximum atomic E-state index is 2.93. The van der Waals surface area contributed by atoms with Crippen LogP contribution in [-0.2, 0) is 0 Å². The number of nitrogens with zero attached hydrogens (tertiary/aromatic N) is 2. The molecule has 126 valence electrons. The molecule has 4 atom stereocenters. The van der Waals surface area contributed by atoms with E-state index < -0.39 is 0 Å². The molecule has 3 heterocycles. The maximum Gasteiger partial charge on any atom is 0.0136 e. The fourth-order valence-electron chi connectivity index (χ4n) is 6.88. The van der Waals surface area contributed by atoms with Crippen LogP contribution in [0.3, 0.4) is 0 Å². The first-order chi connectivity index (χ1) is 10.4. The summed E-state index contributed by atoms with van der Waals surface area (Å²) >= 11 is 0. The standard InChI is InChI=1S/C20H36N2/c1-19(2)11-17-12-20(3,14-19)15-22(17)13-16-7-6-10-21-9-5-4-8-18(16)21/h16-18H,4-15H2,1-3H3/t16-,17+,18+,20-/m1/s1. The SMILES string of the molecule is CC1(C)C[C@H]2C[C@@](C)(CN2C[C@H]2CCCN3CCCC[C@@H]23)C1. The van der Waals surface area contributed by atoms with Gasteiger partial charge in [0.05, 0.1) is 0 Å². The van der Waals surface area contributed by atoms with Crippen LogP contribution in [0, 0.1) is 16.7 Å². The van der Waals surface area contributed by atoms with Gasteiger partial charge in [-0.25, -0.2) is 0 Å². The van der Waals surface area contributed by atoms with Crippen molar-refractivity contribution in [1.82, 2.24) is 9.80 Å². The molecule has 0 radical (unpaired) electrons. The first kappa shape index (κ1) is 15.4. The van der Waals surface area contributed by atoms with Crippen LogP contribution in [-0.4, -0.2) is 48.1 Å². The highest BCUT2D eigenvalue weighted by Crippen LogP contribution is 2.52. The van der Waals surface area contributed by atoms with E-state index in [9.17, 15) is 0 Å². The second-order valence-corrected chi connectivity index (χ2v) is 10.1. The van der Waals surface area contributed by atoms with Gasteiger partial charge in [0, 0.05) is 25.2 Å². The van der Waals surface area contributed by atoms with Gasteiger partial charge in [0.15, 0.2) is 0 Å². The van der Waals surface area contributed by atoms with Gasteiger partial charge in [-0.15, -0.1) is 0 Å². The van der Waals surface area contributed by atoms with E-state index in [-0.39, 0.29) is 0 Å². The molecular weight excluding hydrogens is 268 g/mol. The fourth-order valence-corrected chi connectivity index (χ4v) is 6.88. The Labute approximate surface area is 137 Å². The molecule has 0 aromatic heterocycles. The minimum atomic E-state index is 0.565. The van der Waals surface area contributed by atoms with Gasteiger partial charge in [-0.2, -0.15) is 0 Å². The zero-order valence-corrected chi connectivity index (χ0v) is 15.1. The molecule has 0 unspecified atom stereocenters. The first-order valence-corrected chi connectivity index (χ1v) is 9.92. The van der Waals surface area contributed by atoms with Crippen molar-refractivity contribution >= 4 is 0 Å². The predicted octanol–water partition coefficient (Wildman–Crippen LogP) is 4.15. The summed E-state index contributed by atoms with van der Waals surface area (Å²) in [6, 6.07) is 1.80. The highest BCUT2D eigenvalue weighted by Gasteiger charge is 2.50. The Morgan fingerprint density at radius 1 is 0.955 bits per heavy atom. The summed E-state index contributed by atoms with van der Waals surface area (Å²) < 4.78 is 0. The Morgan fingerprint density at radius 3 is 2.64 bits per heavy atom. The van der Waals surface area contributed by atoms with E-state index in [0.717, 1.165) is 18.0 Å². The molecule has 1 saturated carbocycles. The minimum Gasteiger partial charge on any atom is -0.300 e. The molecule has 2 heteroatoms. The molecule has 0 spiro atoms. The van der Waals surface area contributed by atoms with Crippen molar-refractivity contribution in [3.8, 4) is 0 Å². The predicted molar refractivity (Wildman–Crippen MR) is 93.0 cm³/mol. The van der Waals surface area contributed by atoms with Crippen LogP contribution in [0.25, 0.3) is 0 Å². The Bertz CT molecular complexity index is 416. The van der Waals surface area contributed by atoms with E-state index in [1.807, 2.05) is 0 Å². The molecule has 4 aliphatic rings. The molecule has 3 aliphatic heterocycles. The zero-order valence-electron chi connectivity index (χ0n) is 15.1. The van der Waals surface area contributed by atoms with Crippen LogP contribution >= 0.6 is 0 Å². The Balaban J connectivity index is 1.45. The number of hydrogen-bond acceptors (Lipinski definition) is 2. The average molecular weight is 305 g/mol. The van der Waals surface area contributed by atoms with Crippen LogP contribution in [0.1, 0.15) is 72.1 Å². The lowest BCUT2D eigenvalue weighted by molar-refractivity contribution is 0.0357. The lowest BCUT2D eigenvalue weighted by Gasteiger charge is -2.46. The topological polar surface area (TPSA) is 6.48 Å². The lowest BCUT2D eigenvalue weighted by atomic mass is 9.65. The number of piperidine rings is 2. The molecule has 1 aliphatic carbocycles. The summed E-state index contributed by atoms with van der Waals surface area (Å²) in [5.41, 5.74) is 1.17. The van der Waals surface area contributed by atoms with Crippen LogP contribution in [0.2, 0.25) is 0 Å². The quantitative estimate of drug-likeness (QED) is 0.756. The second-order valence-electron chi connectivity index (χ2n) is 10.1. The third-order valence-electron chi connectivity index (χ3n) is 7.22. The first-order valence-electron chi connectivity index (χ1n) is 9.92. The van der Waals surface area contributed by atoms with E-state index in [1.165, 1.54) is 77.5 Å². The van der Waals surface area contributed by atoms with Crippen molar-refractivity contribution in [3.63, 3.8) is 0 Å². The van der Waals surface area contributed by atoms with E-state index in [4.69, 9.17) is 0 Å². The molecule has 0 aromatic rings. The van der Waals surface area contributed by atoms with Gasteiger partial charge >= 0.3 is 0 Å². The van der Waals surface area contributed by atoms with Gasteiger partial charge in [-0.3, -0.25) is 4.90 Å². The zero-order chi connectivity index (χ0) is 15.4. The smallest absolute Gasteiger partial charge is 0.0136 e. The molecule has 4 fully saturated rings. The minimum absolute atomic E-state index is 0.565. The molecule has 22 heavy (non-hydrogen) atoms. The normalized spacial score (nSPS) is 45.7. The number of fused-ring (bicyclic) bond motifs is 3. The van der Waals surface area contributed by atoms with Crippen molar-refractivity contribution in [1.29, 1.82) is 0 Å². The second kappa shape index (κ2) is 5.48. The molecule has 3 saturated heterocycles. The van der Waals surface area contributed by atoms with Gasteiger partial charge in [-0.05, 0) is 74.8 Å². The number of likely N-dealkylation sites (tertiary alicyclic amines) is 1. The van der Waals surface area contributed by atoms with E-state index in [0.29, 0.717) is 10.8 Å². The van der Waals surface area contributed by atoms with E-state index in [2.05, 4.69) is 30.6 Å². The molecular formula is C20H36N2. The number of hydrogen-bond donors (Lipinski definition) is 0. The van der Waals surface area contributed by atoms with Gasteiger partial charge in [0.2, 0.25) is 0 Å². The Kier molecular flexibility index (Phi) is 3.85. The van der Waals surface area contributed by atoms with Gasteiger partial charge in [-0.1, -0.05) is 27.2 Å². The molecule has 2 bridgehead atoms. The summed E-state index contributed by atoms with van der Waals surface area (Å²) in [4.78, 5) is 5.77. The Morgan fingerprint density at radius 2 is 1.77 bits per heavy atom.